The quantitative estimate of drug-likeness (QED) is 0.524. The first-order chi connectivity index (χ1) is 15.8. The summed E-state index contributed by atoms with van der Waals surface area (Å²) in [6.07, 6.45) is -6.42. The molecule has 174 valence electrons. The number of benzene rings is 2. The highest BCUT2D eigenvalue weighted by atomic mass is 16.7. The minimum Gasteiger partial charge on any atom is -0.497 e. The first-order valence-electron chi connectivity index (χ1n) is 11.1. The van der Waals surface area contributed by atoms with Gasteiger partial charge < -0.3 is 34.3 Å². The fourth-order valence-corrected chi connectivity index (χ4v) is 3.31. The third-order valence-electron chi connectivity index (χ3n) is 5.23. The van der Waals surface area contributed by atoms with Gasteiger partial charge in [0.15, 0.2) is 0 Å². The molecule has 3 N–H and O–H groups in total. The van der Waals surface area contributed by atoms with Crippen LogP contribution in [-0.2, 0) is 20.7 Å². The summed E-state index contributed by atoms with van der Waals surface area (Å²) < 4.78 is 29.1. The molecule has 1 aliphatic rings. The maximum absolute atomic E-state index is 11.9. The molecule has 8 heteroatoms. The smallest absolute Gasteiger partial charge is 0.308 e. The molecule has 2 aromatic carbocycles. The summed E-state index contributed by atoms with van der Waals surface area (Å²) >= 11 is 0. The lowest BCUT2D eigenvalue weighted by atomic mass is 9.99. The average Bonchev–Trinajstić information content (AvgIpc) is 2.84. The molecule has 32 heavy (non-hydrogen) atoms. The van der Waals surface area contributed by atoms with Gasteiger partial charge in [-0.05, 0) is 29.3 Å². The topological polar surface area (TPSA) is 115 Å². The largest absolute Gasteiger partial charge is 0.497 e. The molecule has 0 radical (unpaired) electrons. The van der Waals surface area contributed by atoms with Crippen LogP contribution in [0.1, 0.15) is 26.3 Å². The summed E-state index contributed by atoms with van der Waals surface area (Å²) in [5, 5.41) is 31.0. The van der Waals surface area contributed by atoms with E-state index in [1.54, 1.807) is 26.2 Å². The second-order valence-electron chi connectivity index (χ2n) is 7.80. The van der Waals surface area contributed by atoms with Crippen molar-refractivity contribution in [1.29, 1.82) is 0 Å². The Morgan fingerprint density at radius 1 is 1.09 bits per heavy atom. The number of carbonyl (C=O) groups excluding carboxylic acids is 1. The number of methoxy groups -OCH3 is 1. The van der Waals surface area contributed by atoms with Crippen molar-refractivity contribution >= 4 is 5.97 Å². The summed E-state index contributed by atoms with van der Waals surface area (Å²) in [7, 11) is 1.60. The van der Waals surface area contributed by atoms with Crippen LogP contribution in [0, 0.1) is 5.92 Å². The Labute approximate surface area is 188 Å². The number of aliphatic hydroxyl groups excluding tert-OH is 3. The van der Waals surface area contributed by atoms with Crippen LogP contribution in [0.25, 0.3) is 0 Å². The van der Waals surface area contributed by atoms with E-state index >= 15 is 0 Å². The van der Waals surface area contributed by atoms with Gasteiger partial charge in [-0.25, -0.2) is 0 Å². The Bertz CT molecular complexity index is 906. The average molecular weight is 448 g/mol. The molecule has 1 fully saturated rings. The van der Waals surface area contributed by atoms with Gasteiger partial charge in [0.05, 0.1) is 13.0 Å². The molecular formula is C24H30O8. The molecular weight excluding hydrogens is 416 g/mol. The third kappa shape index (κ3) is 5.77. The lowest BCUT2D eigenvalue weighted by molar-refractivity contribution is -0.278. The molecule has 0 saturated carbocycles. The summed E-state index contributed by atoms with van der Waals surface area (Å²) in [4.78, 5) is 11.9. The van der Waals surface area contributed by atoms with E-state index in [2.05, 4.69) is 0 Å². The maximum Gasteiger partial charge on any atom is 0.308 e. The molecule has 0 bridgehead atoms. The Morgan fingerprint density at radius 2 is 1.81 bits per heavy atom. The molecule has 1 saturated heterocycles. The first-order valence-corrected chi connectivity index (χ1v) is 10.4. The summed E-state index contributed by atoms with van der Waals surface area (Å²) in [5.41, 5.74) is 1.84. The van der Waals surface area contributed by atoms with Crippen LogP contribution in [-0.4, -0.2) is 65.7 Å². The van der Waals surface area contributed by atoms with Crippen molar-refractivity contribution in [3.63, 3.8) is 0 Å². The van der Waals surface area contributed by atoms with Crippen molar-refractivity contribution in [2.24, 2.45) is 5.92 Å². The zero-order valence-corrected chi connectivity index (χ0v) is 18.1. The molecule has 8 nitrogen and oxygen atoms in total. The van der Waals surface area contributed by atoms with Crippen molar-refractivity contribution in [3.8, 4) is 11.5 Å². The van der Waals surface area contributed by atoms with Crippen LogP contribution in [0.2, 0.25) is 0 Å². The van der Waals surface area contributed by atoms with Gasteiger partial charge in [0, 0.05) is 7.79 Å². The Morgan fingerprint density at radius 3 is 2.50 bits per heavy atom. The summed E-state index contributed by atoms with van der Waals surface area (Å²) in [5.74, 6) is -0.0419. The Balaban J connectivity index is 1.71. The van der Waals surface area contributed by atoms with Gasteiger partial charge in [0.1, 0.15) is 42.5 Å². The van der Waals surface area contributed by atoms with Gasteiger partial charge in [-0.1, -0.05) is 44.2 Å². The zero-order chi connectivity index (χ0) is 24.0. The molecule has 1 aliphatic heterocycles. The van der Waals surface area contributed by atoms with Gasteiger partial charge in [-0.2, -0.15) is 0 Å². The van der Waals surface area contributed by atoms with E-state index in [0.717, 1.165) is 16.9 Å². The summed E-state index contributed by atoms with van der Waals surface area (Å²) in [6.45, 7) is 1.07. The first kappa shape index (κ1) is 22.5. The highest BCUT2D eigenvalue weighted by Crippen LogP contribution is 2.28. The molecule has 0 amide bonds. The number of hydrogen-bond acceptors (Lipinski definition) is 8. The van der Waals surface area contributed by atoms with Crippen molar-refractivity contribution in [2.75, 3.05) is 13.7 Å². The van der Waals surface area contributed by atoms with Crippen LogP contribution < -0.4 is 9.47 Å². The Hall–Kier alpha value is -2.65. The van der Waals surface area contributed by atoms with Crippen LogP contribution in [0.5, 0.6) is 11.5 Å². The molecule has 1 heterocycles. The number of para-hydroxylation sites is 1. The van der Waals surface area contributed by atoms with Crippen LogP contribution in [0.15, 0.2) is 48.5 Å². The van der Waals surface area contributed by atoms with Gasteiger partial charge in [-0.3, -0.25) is 4.79 Å². The van der Waals surface area contributed by atoms with E-state index in [0.29, 0.717) is 12.2 Å². The lowest BCUT2D eigenvalue weighted by Gasteiger charge is -2.40. The van der Waals surface area contributed by atoms with Crippen LogP contribution in [0.4, 0.5) is 0 Å². The van der Waals surface area contributed by atoms with E-state index in [4.69, 9.17) is 20.3 Å². The predicted octanol–water partition coefficient (Wildman–Crippen LogP) is 1.67. The number of carbonyl (C=O) groups is 1. The number of ether oxygens (including phenoxy) is 4. The van der Waals surface area contributed by atoms with Gasteiger partial charge in [0.25, 0.3) is 0 Å². The minimum atomic E-state index is -1.56. The lowest BCUT2D eigenvalue weighted by Crippen LogP contribution is -2.60. The maximum atomic E-state index is 11.9. The molecule has 0 spiro atoms. The number of esters is 1. The van der Waals surface area contributed by atoms with Gasteiger partial charge >= 0.3 is 5.97 Å². The van der Waals surface area contributed by atoms with E-state index < -0.39 is 42.6 Å². The molecule has 2 aromatic rings. The van der Waals surface area contributed by atoms with Crippen molar-refractivity contribution in [3.05, 3.63) is 59.7 Å². The highest BCUT2D eigenvalue weighted by Gasteiger charge is 2.45. The molecule has 0 aliphatic carbocycles. The SMILES string of the molecule is [2H]CC(C)C(=O)OC[C@H]1OC(Oc2ccccc2Cc2ccc(OC)cc2)[C@H](O)[C@@H](O)[C@@H]1O. The number of rotatable bonds is 8. The minimum absolute atomic E-state index is 0.134. The van der Waals surface area contributed by atoms with Crippen molar-refractivity contribution in [2.45, 2.75) is 51.0 Å². The van der Waals surface area contributed by atoms with E-state index in [-0.39, 0.29) is 13.5 Å². The summed E-state index contributed by atoms with van der Waals surface area (Å²) in [6, 6.07) is 14.8. The number of hydrogen-bond donors (Lipinski definition) is 3. The van der Waals surface area contributed by atoms with E-state index in [9.17, 15) is 20.1 Å². The van der Waals surface area contributed by atoms with Gasteiger partial charge in [0.2, 0.25) is 6.29 Å². The van der Waals surface area contributed by atoms with Crippen molar-refractivity contribution in [1.82, 2.24) is 0 Å². The second kappa shape index (κ2) is 10.8. The fourth-order valence-electron chi connectivity index (χ4n) is 3.31. The molecule has 2 unspecified atom stereocenters. The highest BCUT2D eigenvalue weighted by molar-refractivity contribution is 5.71. The second-order valence-corrected chi connectivity index (χ2v) is 7.80. The molecule has 3 rings (SSSR count). The van der Waals surface area contributed by atoms with Crippen molar-refractivity contribution < 1.29 is 40.4 Å². The van der Waals surface area contributed by atoms with E-state index in [1.807, 2.05) is 36.4 Å². The monoisotopic (exact) mass is 447 g/mol. The standard InChI is InChI=1S/C24H30O8/c1-14(2)23(28)30-13-19-20(25)21(26)22(27)24(32-19)31-18-7-5-4-6-16(18)12-15-8-10-17(29-3)11-9-15/h4-11,14,19-22,24-27H,12-13H2,1-3H3/t19-,20-,21+,22-,24?/m1/s1/i1D/t14?,19-,20-,21+,22-,24?. The fraction of sp³-hybridized carbons (Fsp3) is 0.458. The zero-order valence-electron chi connectivity index (χ0n) is 19.1. The van der Waals surface area contributed by atoms with E-state index in [1.165, 1.54) is 0 Å². The van der Waals surface area contributed by atoms with Gasteiger partial charge in [-0.15, -0.1) is 0 Å². The van der Waals surface area contributed by atoms with Crippen LogP contribution in [0.3, 0.4) is 0 Å². The molecule has 0 aromatic heterocycles. The normalized spacial score (nSPS) is 26.7. The molecule has 6 atom stereocenters. The Kier molecular flexibility index (Phi) is 7.59. The van der Waals surface area contributed by atoms with Crippen LogP contribution >= 0.6 is 0 Å². The predicted molar refractivity (Wildman–Crippen MR) is 115 cm³/mol. The number of aliphatic hydroxyl groups is 3. The third-order valence-corrected chi connectivity index (χ3v) is 5.23.